The number of ether oxygens (including phenoxy) is 1. The molecule has 2 aliphatic rings. The highest BCUT2D eigenvalue weighted by molar-refractivity contribution is 5.68. The third-order valence-corrected chi connectivity index (χ3v) is 4.16. The van der Waals surface area contributed by atoms with E-state index in [1.54, 1.807) is 0 Å². The zero-order valence-corrected chi connectivity index (χ0v) is 10.4. The Balaban J connectivity index is 1.78. The van der Waals surface area contributed by atoms with Gasteiger partial charge in [0.2, 0.25) is 0 Å². The van der Waals surface area contributed by atoms with E-state index in [4.69, 9.17) is 4.74 Å². The summed E-state index contributed by atoms with van der Waals surface area (Å²) in [7, 11) is 0. The lowest BCUT2D eigenvalue weighted by Gasteiger charge is -2.27. The highest BCUT2D eigenvalue weighted by Crippen LogP contribution is 2.40. The summed E-state index contributed by atoms with van der Waals surface area (Å²) in [6.07, 6.45) is 5.96. The van der Waals surface area contributed by atoms with E-state index in [1.807, 2.05) is 6.92 Å². The number of rotatable bonds is 4. The summed E-state index contributed by atoms with van der Waals surface area (Å²) in [5, 5.41) is 0. The predicted molar refractivity (Wildman–Crippen MR) is 63.2 cm³/mol. The van der Waals surface area contributed by atoms with E-state index in [9.17, 15) is 4.79 Å². The van der Waals surface area contributed by atoms with Crippen LogP contribution in [-0.4, -0.2) is 36.1 Å². The SMILES string of the molecule is CCC(=O)OCCN1C(C)CC2CCCC21. The summed E-state index contributed by atoms with van der Waals surface area (Å²) in [6.45, 7) is 5.64. The minimum atomic E-state index is -0.0742. The summed E-state index contributed by atoms with van der Waals surface area (Å²) in [6, 6.07) is 1.45. The van der Waals surface area contributed by atoms with Crippen molar-refractivity contribution in [2.75, 3.05) is 13.2 Å². The molecule has 0 bridgehead atoms. The van der Waals surface area contributed by atoms with Crippen LogP contribution in [-0.2, 0) is 9.53 Å². The molecule has 1 heterocycles. The van der Waals surface area contributed by atoms with Gasteiger partial charge in [0.25, 0.3) is 0 Å². The molecule has 0 N–H and O–H groups in total. The van der Waals surface area contributed by atoms with Gasteiger partial charge in [0.05, 0.1) is 0 Å². The molecule has 0 aromatic rings. The van der Waals surface area contributed by atoms with Gasteiger partial charge in [-0.05, 0) is 32.1 Å². The molecule has 0 aromatic carbocycles. The highest BCUT2D eigenvalue weighted by atomic mass is 16.5. The van der Waals surface area contributed by atoms with Gasteiger partial charge in [-0.3, -0.25) is 9.69 Å². The Morgan fingerprint density at radius 1 is 1.44 bits per heavy atom. The summed E-state index contributed by atoms with van der Waals surface area (Å²) in [5.41, 5.74) is 0. The van der Waals surface area contributed by atoms with Crippen molar-refractivity contribution in [2.24, 2.45) is 5.92 Å². The molecule has 3 nitrogen and oxygen atoms in total. The Bertz CT molecular complexity index is 254. The minimum absolute atomic E-state index is 0.0742. The Morgan fingerprint density at radius 2 is 2.25 bits per heavy atom. The van der Waals surface area contributed by atoms with Crippen LogP contribution in [0.5, 0.6) is 0 Å². The molecule has 1 aliphatic carbocycles. The van der Waals surface area contributed by atoms with Crippen LogP contribution >= 0.6 is 0 Å². The van der Waals surface area contributed by atoms with Crippen molar-refractivity contribution >= 4 is 5.97 Å². The quantitative estimate of drug-likeness (QED) is 0.687. The van der Waals surface area contributed by atoms with Crippen molar-refractivity contribution in [3.63, 3.8) is 0 Å². The van der Waals surface area contributed by atoms with E-state index < -0.39 is 0 Å². The first-order valence-corrected chi connectivity index (χ1v) is 6.63. The van der Waals surface area contributed by atoms with Gasteiger partial charge in [-0.1, -0.05) is 13.3 Å². The zero-order chi connectivity index (χ0) is 11.5. The molecule has 3 atom stereocenters. The summed E-state index contributed by atoms with van der Waals surface area (Å²) in [5.74, 6) is 0.840. The number of fused-ring (bicyclic) bond motifs is 1. The average Bonchev–Trinajstić information content (AvgIpc) is 2.81. The van der Waals surface area contributed by atoms with E-state index in [-0.39, 0.29) is 5.97 Å². The van der Waals surface area contributed by atoms with Gasteiger partial charge in [0, 0.05) is 25.0 Å². The van der Waals surface area contributed by atoms with Crippen LogP contribution in [0.4, 0.5) is 0 Å². The zero-order valence-electron chi connectivity index (χ0n) is 10.4. The Labute approximate surface area is 98.1 Å². The third-order valence-electron chi connectivity index (χ3n) is 4.16. The minimum Gasteiger partial charge on any atom is -0.464 e. The number of carbonyl (C=O) groups is 1. The Morgan fingerprint density at radius 3 is 3.00 bits per heavy atom. The molecule has 0 amide bonds. The van der Waals surface area contributed by atoms with E-state index in [0.29, 0.717) is 19.1 Å². The van der Waals surface area contributed by atoms with E-state index >= 15 is 0 Å². The molecule has 0 spiro atoms. The van der Waals surface area contributed by atoms with Crippen LogP contribution in [0.2, 0.25) is 0 Å². The van der Waals surface area contributed by atoms with Gasteiger partial charge in [-0.15, -0.1) is 0 Å². The first kappa shape index (κ1) is 11.9. The van der Waals surface area contributed by atoms with Crippen LogP contribution in [0, 0.1) is 5.92 Å². The fourth-order valence-electron chi connectivity index (χ4n) is 3.38. The maximum Gasteiger partial charge on any atom is 0.305 e. The molecule has 0 aromatic heterocycles. The monoisotopic (exact) mass is 225 g/mol. The highest BCUT2D eigenvalue weighted by Gasteiger charge is 2.41. The molecular weight excluding hydrogens is 202 g/mol. The normalized spacial score (nSPS) is 34.0. The lowest BCUT2D eigenvalue weighted by atomic mass is 10.0. The van der Waals surface area contributed by atoms with Crippen molar-refractivity contribution in [2.45, 2.75) is 58.0 Å². The largest absolute Gasteiger partial charge is 0.464 e. The van der Waals surface area contributed by atoms with Gasteiger partial charge in [0.15, 0.2) is 0 Å². The summed E-state index contributed by atoms with van der Waals surface area (Å²) >= 11 is 0. The molecule has 3 heteroatoms. The van der Waals surface area contributed by atoms with Crippen LogP contribution in [0.25, 0.3) is 0 Å². The molecule has 1 aliphatic heterocycles. The number of nitrogens with zero attached hydrogens (tertiary/aromatic N) is 1. The second-order valence-electron chi connectivity index (χ2n) is 5.15. The molecule has 0 radical (unpaired) electrons. The van der Waals surface area contributed by atoms with Crippen molar-refractivity contribution in [1.29, 1.82) is 0 Å². The van der Waals surface area contributed by atoms with E-state index in [1.165, 1.54) is 25.7 Å². The van der Waals surface area contributed by atoms with Crippen LogP contribution in [0.15, 0.2) is 0 Å². The first-order chi connectivity index (χ1) is 7.72. The molecule has 16 heavy (non-hydrogen) atoms. The second-order valence-corrected chi connectivity index (χ2v) is 5.15. The molecule has 1 saturated carbocycles. The summed E-state index contributed by atoms with van der Waals surface area (Å²) < 4.78 is 5.17. The van der Waals surface area contributed by atoms with Gasteiger partial charge >= 0.3 is 5.97 Å². The number of carbonyl (C=O) groups excluding carboxylic acids is 1. The lowest BCUT2D eigenvalue weighted by Crippen LogP contribution is -2.37. The first-order valence-electron chi connectivity index (χ1n) is 6.63. The average molecular weight is 225 g/mol. The topological polar surface area (TPSA) is 29.5 Å². The molecular formula is C13H23NO2. The standard InChI is InChI=1S/C13H23NO2/c1-3-13(15)16-8-7-14-10(2)9-11-5-4-6-12(11)14/h10-12H,3-9H2,1-2H3. The fraction of sp³-hybridized carbons (Fsp3) is 0.923. The smallest absolute Gasteiger partial charge is 0.305 e. The molecule has 2 rings (SSSR count). The Kier molecular flexibility index (Phi) is 3.85. The predicted octanol–water partition coefficient (Wildman–Crippen LogP) is 2.20. The van der Waals surface area contributed by atoms with Gasteiger partial charge in [0.1, 0.15) is 6.61 Å². The van der Waals surface area contributed by atoms with Gasteiger partial charge in [-0.25, -0.2) is 0 Å². The number of esters is 1. The van der Waals surface area contributed by atoms with Crippen molar-refractivity contribution in [1.82, 2.24) is 4.90 Å². The lowest BCUT2D eigenvalue weighted by molar-refractivity contribution is -0.143. The Hall–Kier alpha value is -0.570. The number of likely N-dealkylation sites (tertiary alicyclic amines) is 1. The van der Waals surface area contributed by atoms with Crippen molar-refractivity contribution in [3.05, 3.63) is 0 Å². The van der Waals surface area contributed by atoms with Crippen LogP contribution in [0.3, 0.4) is 0 Å². The summed E-state index contributed by atoms with van der Waals surface area (Å²) in [4.78, 5) is 13.6. The van der Waals surface area contributed by atoms with E-state index in [2.05, 4.69) is 11.8 Å². The number of hydrogen-bond donors (Lipinski definition) is 0. The maximum absolute atomic E-state index is 11.1. The molecule has 92 valence electrons. The molecule has 2 fully saturated rings. The van der Waals surface area contributed by atoms with Crippen LogP contribution in [0.1, 0.15) is 46.0 Å². The van der Waals surface area contributed by atoms with Crippen molar-refractivity contribution in [3.8, 4) is 0 Å². The second kappa shape index (κ2) is 5.17. The van der Waals surface area contributed by atoms with Gasteiger partial charge in [-0.2, -0.15) is 0 Å². The maximum atomic E-state index is 11.1. The van der Waals surface area contributed by atoms with Crippen molar-refractivity contribution < 1.29 is 9.53 Å². The van der Waals surface area contributed by atoms with E-state index in [0.717, 1.165) is 18.5 Å². The van der Waals surface area contributed by atoms with Gasteiger partial charge < -0.3 is 4.74 Å². The fourth-order valence-corrected chi connectivity index (χ4v) is 3.38. The third kappa shape index (κ3) is 2.40. The molecule has 3 unspecified atom stereocenters. The van der Waals surface area contributed by atoms with Crippen LogP contribution < -0.4 is 0 Å². The number of hydrogen-bond acceptors (Lipinski definition) is 3. The molecule has 1 saturated heterocycles.